The summed E-state index contributed by atoms with van der Waals surface area (Å²) in [6, 6.07) is 4.51. The Morgan fingerprint density at radius 3 is 2.28 bits per heavy atom. The van der Waals surface area contributed by atoms with E-state index < -0.39 is 24.2 Å². The van der Waals surface area contributed by atoms with Crippen LogP contribution in [0.15, 0.2) is 24.3 Å². The summed E-state index contributed by atoms with van der Waals surface area (Å²) in [6.07, 6.45) is -5.97. The molecule has 7 heteroatoms. The average Bonchev–Trinajstić information content (AvgIpc) is 2.25. The van der Waals surface area contributed by atoms with Gasteiger partial charge in [0.15, 0.2) is 6.10 Å². The van der Waals surface area contributed by atoms with Crippen molar-refractivity contribution in [2.45, 2.75) is 19.4 Å². The van der Waals surface area contributed by atoms with E-state index in [-0.39, 0.29) is 12.2 Å². The molecule has 0 aromatic heterocycles. The van der Waals surface area contributed by atoms with Gasteiger partial charge in [-0.25, -0.2) is 4.79 Å². The van der Waals surface area contributed by atoms with Gasteiger partial charge < -0.3 is 14.6 Å². The highest BCUT2D eigenvalue weighted by Gasteiger charge is 2.31. The fourth-order valence-electron chi connectivity index (χ4n) is 1.32. The molecule has 0 aliphatic rings. The van der Waals surface area contributed by atoms with Gasteiger partial charge in [0, 0.05) is 6.61 Å². The summed E-state index contributed by atoms with van der Waals surface area (Å²) in [4.78, 5) is 10.9. The Balaban J connectivity index is 2.83. The van der Waals surface area contributed by atoms with Gasteiger partial charge in [-0.2, -0.15) is 0 Å². The van der Waals surface area contributed by atoms with E-state index in [4.69, 9.17) is 9.84 Å². The summed E-state index contributed by atoms with van der Waals surface area (Å²) in [5.74, 6) is -1.62. The maximum atomic E-state index is 11.9. The van der Waals surface area contributed by atoms with E-state index in [1.54, 1.807) is 6.92 Å². The van der Waals surface area contributed by atoms with Crippen molar-refractivity contribution in [2.24, 2.45) is 0 Å². The summed E-state index contributed by atoms with van der Waals surface area (Å²) in [5, 5.41) is 8.88. The third-order valence-electron chi connectivity index (χ3n) is 1.97. The highest BCUT2D eigenvalue weighted by Crippen LogP contribution is 2.25. The third-order valence-corrected chi connectivity index (χ3v) is 1.97. The molecule has 100 valence electrons. The molecule has 0 aliphatic heterocycles. The number of hydrogen-bond acceptors (Lipinski definition) is 3. The van der Waals surface area contributed by atoms with E-state index in [9.17, 15) is 18.0 Å². The van der Waals surface area contributed by atoms with Crippen molar-refractivity contribution in [3.8, 4) is 5.75 Å². The van der Waals surface area contributed by atoms with Crippen LogP contribution in [-0.4, -0.2) is 24.0 Å². The smallest absolute Gasteiger partial charge is 0.479 e. The molecule has 1 rings (SSSR count). The molecule has 18 heavy (non-hydrogen) atoms. The topological polar surface area (TPSA) is 55.8 Å². The van der Waals surface area contributed by atoms with Gasteiger partial charge in [0.05, 0.1) is 0 Å². The second kappa shape index (κ2) is 5.72. The van der Waals surface area contributed by atoms with Crippen LogP contribution >= 0.6 is 0 Å². The first-order chi connectivity index (χ1) is 8.33. The largest absolute Gasteiger partial charge is 0.573 e. The molecule has 0 radical (unpaired) electrons. The van der Waals surface area contributed by atoms with Crippen molar-refractivity contribution in [2.75, 3.05) is 6.61 Å². The molecule has 0 amide bonds. The van der Waals surface area contributed by atoms with E-state index in [0.29, 0.717) is 0 Å². The molecule has 0 bridgehead atoms. The maximum absolute atomic E-state index is 11.9. The molecule has 0 unspecified atom stereocenters. The SMILES string of the molecule is CCO[C@@H](C(=O)O)c1ccc(OC(F)(F)F)cc1. The fraction of sp³-hybridized carbons (Fsp3) is 0.364. The van der Waals surface area contributed by atoms with Gasteiger partial charge in [-0.1, -0.05) is 12.1 Å². The molecule has 1 N–H and O–H groups in total. The van der Waals surface area contributed by atoms with Crippen LogP contribution in [-0.2, 0) is 9.53 Å². The highest BCUT2D eigenvalue weighted by atomic mass is 19.4. The van der Waals surface area contributed by atoms with Crippen LogP contribution in [0.1, 0.15) is 18.6 Å². The number of halogens is 3. The minimum atomic E-state index is -4.77. The molecule has 0 fully saturated rings. The zero-order chi connectivity index (χ0) is 13.8. The second-order valence-corrected chi connectivity index (χ2v) is 3.29. The zero-order valence-electron chi connectivity index (χ0n) is 9.40. The molecule has 0 saturated carbocycles. The van der Waals surface area contributed by atoms with Crippen LogP contribution in [0.3, 0.4) is 0 Å². The first-order valence-electron chi connectivity index (χ1n) is 5.03. The lowest BCUT2D eigenvalue weighted by molar-refractivity contribution is -0.274. The summed E-state index contributed by atoms with van der Waals surface area (Å²) in [7, 11) is 0. The lowest BCUT2D eigenvalue weighted by atomic mass is 10.1. The number of carbonyl (C=O) groups is 1. The Kier molecular flexibility index (Phi) is 4.55. The normalized spacial score (nSPS) is 13.1. The van der Waals surface area contributed by atoms with Gasteiger partial charge in [0.2, 0.25) is 0 Å². The summed E-state index contributed by atoms with van der Waals surface area (Å²) in [6.45, 7) is 1.80. The lowest BCUT2D eigenvalue weighted by Crippen LogP contribution is -2.18. The van der Waals surface area contributed by atoms with E-state index >= 15 is 0 Å². The van der Waals surface area contributed by atoms with Crippen molar-refractivity contribution < 1.29 is 32.5 Å². The standard InChI is InChI=1S/C11H11F3O4/c1-2-17-9(10(15)16)7-3-5-8(6-4-7)18-11(12,13)14/h3-6,9H,2H2,1H3,(H,15,16)/t9-/m1/s1. The van der Waals surface area contributed by atoms with Crippen LogP contribution in [0.2, 0.25) is 0 Å². The second-order valence-electron chi connectivity index (χ2n) is 3.29. The van der Waals surface area contributed by atoms with E-state index in [0.717, 1.165) is 12.1 Å². The number of carboxylic acids is 1. The average molecular weight is 264 g/mol. The van der Waals surface area contributed by atoms with Crippen molar-refractivity contribution in [3.05, 3.63) is 29.8 Å². The predicted molar refractivity (Wildman–Crippen MR) is 55.1 cm³/mol. The van der Waals surface area contributed by atoms with Crippen molar-refractivity contribution in [1.29, 1.82) is 0 Å². The van der Waals surface area contributed by atoms with Crippen LogP contribution in [0.5, 0.6) is 5.75 Å². The summed E-state index contributed by atoms with van der Waals surface area (Å²) >= 11 is 0. The number of aliphatic carboxylic acids is 1. The number of rotatable bonds is 5. The number of carboxylic acid groups (broad SMARTS) is 1. The Labute approximate surface area is 101 Å². The van der Waals surface area contributed by atoms with Crippen LogP contribution < -0.4 is 4.74 Å². The summed E-state index contributed by atoms with van der Waals surface area (Å²) in [5.41, 5.74) is 0.249. The first-order valence-corrected chi connectivity index (χ1v) is 5.03. The minimum absolute atomic E-state index is 0.178. The molecular weight excluding hydrogens is 253 g/mol. The molecule has 0 spiro atoms. The van der Waals surface area contributed by atoms with Gasteiger partial charge >= 0.3 is 12.3 Å². The lowest BCUT2D eigenvalue weighted by Gasteiger charge is -2.14. The molecule has 0 saturated heterocycles. The van der Waals surface area contributed by atoms with Gasteiger partial charge in [-0.05, 0) is 24.6 Å². The molecule has 0 aliphatic carbocycles. The monoisotopic (exact) mass is 264 g/mol. The number of ether oxygens (including phenoxy) is 2. The Morgan fingerprint density at radius 2 is 1.89 bits per heavy atom. The molecule has 1 aromatic carbocycles. The highest BCUT2D eigenvalue weighted by molar-refractivity contribution is 5.74. The van der Waals surface area contributed by atoms with Crippen LogP contribution in [0.4, 0.5) is 13.2 Å². The van der Waals surface area contributed by atoms with E-state index in [2.05, 4.69) is 4.74 Å². The van der Waals surface area contributed by atoms with Gasteiger partial charge in [0.25, 0.3) is 0 Å². The molecule has 4 nitrogen and oxygen atoms in total. The molecular formula is C11H11F3O4. The predicted octanol–water partition coefficient (Wildman–Crippen LogP) is 2.75. The summed E-state index contributed by atoms with van der Waals surface area (Å²) < 4.78 is 44.4. The van der Waals surface area contributed by atoms with Gasteiger partial charge in [0.1, 0.15) is 5.75 Å². The number of alkyl halides is 3. The van der Waals surface area contributed by atoms with Crippen LogP contribution in [0.25, 0.3) is 0 Å². The molecule has 1 aromatic rings. The van der Waals surface area contributed by atoms with Crippen LogP contribution in [0, 0.1) is 0 Å². The van der Waals surface area contributed by atoms with Crippen molar-refractivity contribution >= 4 is 5.97 Å². The Hall–Kier alpha value is -1.76. The van der Waals surface area contributed by atoms with Gasteiger partial charge in [-0.15, -0.1) is 13.2 Å². The van der Waals surface area contributed by atoms with Crippen molar-refractivity contribution in [1.82, 2.24) is 0 Å². The molecule has 0 heterocycles. The maximum Gasteiger partial charge on any atom is 0.573 e. The minimum Gasteiger partial charge on any atom is -0.479 e. The number of hydrogen-bond donors (Lipinski definition) is 1. The molecule has 1 atom stereocenters. The van der Waals surface area contributed by atoms with Gasteiger partial charge in [-0.3, -0.25) is 0 Å². The van der Waals surface area contributed by atoms with Crippen molar-refractivity contribution in [3.63, 3.8) is 0 Å². The third kappa shape index (κ3) is 4.25. The first kappa shape index (κ1) is 14.3. The fourth-order valence-corrected chi connectivity index (χ4v) is 1.32. The Bertz CT molecular complexity index is 400. The number of benzene rings is 1. The zero-order valence-corrected chi connectivity index (χ0v) is 9.40. The Morgan fingerprint density at radius 1 is 1.33 bits per heavy atom. The van der Waals surface area contributed by atoms with E-state index in [1.165, 1.54) is 12.1 Å². The quantitative estimate of drug-likeness (QED) is 0.888. The van der Waals surface area contributed by atoms with E-state index in [1.807, 2.05) is 0 Å².